The minimum Gasteiger partial charge on any atom is -0.481 e. The molecule has 0 saturated heterocycles. The van der Waals surface area contributed by atoms with Gasteiger partial charge in [0.05, 0.1) is 25.2 Å². The molecule has 0 aromatic heterocycles. The van der Waals surface area contributed by atoms with Crippen LogP contribution in [0, 0.1) is 11.3 Å². The summed E-state index contributed by atoms with van der Waals surface area (Å²) in [5.74, 6) is -0.0686. The summed E-state index contributed by atoms with van der Waals surface area (Å²) in [7, 11) is -3.22. The first-order chi connectivity index (χ1) is 10.6. The smallest absolute Gasteiger partial charge is 0.474 e. The molecule has 0 radical (unpaired) electrons. The Hall–Kier alpha value is -0.420. The van der Waals surface area contributed by atoms with Crippen molar-refractivity contribution in [2.24, 2.45) is 11.3 Å². The van der Waals surface area contributed by atoms with E-state index in [0.717, 1.165) is 19.3 Å². The molecule has 0 aliphatic rings. The Morgan fingerprint density at radius 2 is 1.43 bits per heavy atom. The van der Waals surface area contributed by atoms with E-state index < -0.39 is 19.2 Å². The molecular weight excluding hydrogens is 319 g/mol. The first kappa shape index (κ1) is 24.8. The van der Waals surface area contributed by atoms with Gasteiger partial charge >= 0.3 is 13.8 Å². The number of phosphoric acid groups is 1. The van der Waals surface area contributed by atoms with Crippen molar-refractivity contribution in [3.8, 4) is 0 Å². The van der Waals surface area contributed by atoms with Crippen LogP contribution in [0.2, 0.25) is 0 Å². The highest BCUT2D eigenvalue weighted by molar-refractivity contribution is 7.48. The second kappa shape index (κ2) is 12.9. The molecule has 7 heteroatoms. The van der Waals surface area contributed by atoms with Crippen LogP contribution in [0.1, 0.15) is 67.7 Å². The van der Waals surface area contributed by atoms with Gasteiger partial charge in [-0.05, 0) is 52.9 Å². The number of carboxylic acid groups (broad SMARTS) is 1. The highest BCUT2D eigenvalue weighted by Gasteiger charge is 2.30. The van der Waals surface area contributed by atoms with Crippen molar-refractivity contribution >= 4 is 13.8 Å². The van der Waals surface area contributed by atoms with E-state index in [4.69, 9.17) is 18.7 Å². The van der Waals surface area contributed by atoms with Gasteiger partial charge in [-0.15, -0.1) is 0 Å². The van der Waals surface area contributed by atoms with E-state index in [1.54, 1.807) is 20.8 Å². The van der Waals surface area contributed by atoms with Crippen LogP contribution in [0.25, 0.3) is 0 Å². The van der Waals surface area contributed by atoms with Crippen LogP contribution in [-0.2, 0) is 22.9 Å². The first-order valence-electron chi connectivity index (χ1n) is 8.37. The molecule has 0 aliphatic carbocycles. The van der Waals surface area contributed by atoms with Crippen molar-refractivity contribution in [2.45, 2.75) is 67.7 Å². The third-order valence-corrected chi connectivity index (χ3v) is 5.16. The van der Waals surface area contributed by atoms with Crippen LogP contribution < -0.4 is 0 Å². The van der Waals surface area contributed by atoms with Crippen LogP contribution in [0.4, 0.5) is 0 Å². The zero-order valence-corrected chi connectivity index (χ0v) is 16.7. The number of aliphatic carboxylic acids is 1. The van der Waals surface area contributed by atoms with Crippen molar-refractivity contribution in [1.29, 1.82) is 0 Å². The first-order valence-corrected chi connectivity index (χ1v) is 9.83. The Kier molecular flexibility index (Phi) is 14.0. The standard InChI is InChI=1S/C10H20O2.C6H15O4P/c1-5-10(4,9(11)12)7-6-8(2)3;1-4-8-11(7,9-5-2)10-6-3/h8H,5-7H2,1-4H3,(H,11,12);4-6H2,1-3H3. The van der Waals surface area contributed by atoms with Gasteiger partial charge in [-0.1, -0.05) is 20.8 Å². The highest BCUT2D eigenvalue weighted by Crippen LogP contribution is 2.48. The zero-order valence-electron chi connectivity index (χ0n) is 15.8. The minimum atomic E-state index is -3.22. The second-order valence-corrected chi connectivity index (χ2v) is 7.52. The normalized spacial score (nSPS) is 14.1. The molecule has 140 valence electrons. The lowest BCUT2D eigenvalue weighted by Gasteiger charge is -2.23. The fourth-order valence-electron chi connectivity index (χ4n) is 1.63. The largest absolute Gasteiger partial charge is 0.481 e. The van der Waals surface area contributed by atoms with E-state index in [1.807, 2.05) is 13.8 Å². The number of carbonyl (C=O) groups is 1. The van der Waals surface area contributed by atoms with E-state index in [-0.39, 0.29) is 0 Å². The zero-order chi connectivity index (χ0) is 18.5. The van der Waals surface area contributed by atoms with E-state index in [2.05, 4.69) is 13.8 Å². The predicted molar refractivity (Wildman–Crippen MR) is 92.6 cm³/mol. The molecule has 0 saturated carbocycles. The Bertz CT molecular complexity index is 335. The number of hydrogen-bond acceptors (Lipinski definition) is 5. The summed E-state index contributed by atoms with van der Waals surface area (Å²) in [4.78, 5) is 10.9. The molecule has 23 heavy (non-hydrogen) atoms. The predicted octanol–water partition coefficient (Wildman–Crippen LogP) is 5.13. The summed E-state index contributed by atoms with van der Waals surface area (Å²) in [6.45, 7) is 14.2. The van der Waals surface area contributed by atoms with Crippen molar-refractivity contribution in [3.05, 3.63) is 0 Å². The average Bonchev–Trinajstić information content (AvgIpc) is 2.45. The summed E-state index contributed by atoms with van der Waals surface area (Å²) in [5.41, 5.74) is -0.510. The van der Waals surface area contributed by atoms with Gasteiger partial charge in [-0.2, -0.15) is 0 Å². The number of hydrogen-bond donors (Lipinski definition) is 1. The Morgan fingerprint density at radius 1 is 1.04 bits per heavy atom. The topological polar surface area (TPSA) is 82.1 Å². The monoisotopic (exact) mass is 354 g/mol. The SMILES string of the molecule is CCC(C)(CCC(C)C)C(=O)O.CCOP(=O)(OCC)OCC. The van der Waals surface area contributed by atoms with Gasteiger partial charge in [0.2, 0.25) is 0 Å². The number of rotatable bonds is 11. The van der Waals surface area contributed by atoms with E-state index in [1.165, 1.54) is 0 Å². The van der Waals surface area contributed by atoms with Crippen LogP contribution in [0.15, 0.2) is 0 Å². The van der Waals surface area contributed by atoms with Crippen LogP contribution in [-0.4, -0.2) is 30.9 Å². The van der Waals surface area contributed by atoms with Gasteiger partial charge in [-0.3, -0.25) is 18.4 Å². The third-order valence-electron chi connectivity index (χ3n) is 3.43. The fourth-order valence-corrected chi connectivity index (χ4v) is 2.80. The van der Waals surface area contributed by atoms with Gasteiger partial charge in [0, 0.05) is 0 Å². The van der Waals surface area contributed by atoms with E-state index in [0.29, 0.717) is 25.7 Å². The molecule has 1 N–H and O–H groups in total. The maximum absolute atomic E-state index is 11.3. The molecule has 0 aromatic rings. The molecule has 0 fully saturated rings. The van der Waals surface area contributed by atoms with Gasteiger partial charge < -0.3 is 5.11 Å². The Balaban J connectivity index is 0. The Labute approximate surface area is 141 Å². The minimum absolute atomic E-state index is 0.331. The van der Waals surface area contributed by atoms with Crippen molar-refractivity contribution in [3.63, 3.8) is 0 Å². The van der Waals surface area contributed by atoms with E-state index >= 15 is 0 Å². The molecule has 1 atom stereocenters. The van der Waals surface area contributed by atoms with Crippen molar-refractivity contribution < 1.29 is 28.0 Å². The lowest BCUT2D eigenvalue weighted by atomic mass is 9.81. The molecule has 0 rings (SSSR count). The van der Waals surface area contributed by atoms with Gasteiger partial charge in [0.25, 0.3) is 0 Å². The maximum atomic E-state index is 11.3. The summed E-state index contributed by atoms with van der Waals surface area (Å²) in [6.07, 6.45) is 2.50. The lowest BCUT2D eigenvalue weighted by molar-refractivity contribution is -0.148. The molecule has 1 unspecified atom stereocenters. The van der Waals surface area contributed by atoms with Gasteiger partial charge in [0.1, 0.15) is 0 Å². The van der Waals surface area contributed by atoms with Gasteiger partial charge in [0.15, 0.2) is 0 Å². The molecule has 0 heterocycles. The van der Waals surface area contributed by atoms with Crippen molar-refractivity contribution in [1.82, 2.24) is 0 Å². The summed E-state index contributed by atoms with van der Waals surface area (Å²) in [5, 5.41) is 8.95. The molecule has 0 bridgehead atoms. The van der Waals surface area contributed by atoms with Crippen molar-refractivity contribution in [2.75, 3.05) is 19.8 Å². The molecule has 0 amide bonds. The molecule has 0 spiro atoms. The molecule has 0 aliphatic heterocycles. The summed E-state index contributed by atoms with van der Waals surface area (Å²) < 4.78 is 25.8. The maximum Gasteiger partial charge on any atom is 0.474 e. The number of carboxylic acids is 1. The van der Waals surface area contributed by atoms with Crippen LogP contribution >= 0.6 is 7.82 Å². The number of phosphoric ester groups is 1. The molecule has 0 aromatic carbocycles. The highest BCUT2D eigenvalue weighted by atomic mass is 31.2. The van der Waals surface area contributed by atoms with Crippen LogP contribution in [0.3, 0.4) is 0 Å². The van der Waals surface area contributed by atoms with Gasteiger partial charge in [-0.25, -0.2) is 4.57 Å². The van der Waals surface area contributed by atoms with E-state index in [9.17, 15) is 9.36 Å². The van der Waals surface area contributed by atoms with Crippen LogP contribution in [0.5, 0.6) is 0 Å². The fraction of sp³-hybridized carbons (Fsp3) is 0.938. The Morgan fingerprint density at radius 3 is 1.65 bits per heavy atom. The summed E-state index contributed by atoms with van der Waals surface area (Å²) in [6, 6.07) is 0. The second-order valence-electron chi connectivity index (χ2n) is 5.85. The quantitative estimate of drug-likeness (QED) is 0.518. The lowest BCUT2D eigenvalue weighted by Crippen LogP contribution is -2.26. The third kappa shape index (κ3) is 11.7. The molecule has 6 nitrogen and oxygen atoms in total. The summed E-state index contributed by atoms with van der Waals surface area (Å²) >= 11 is 0. The average molecular weight is 354 g/mol. The molecular formula is C16H35O6P.